The van der Waals surface area contributed by atoms with E-state index in [1.165, 1.54) is 25.7 Å². The van der Waals surface area contributed by atoms with E-state index in [0.29, 0.717) is 25.7 Å². The number of allylic oxidation sites excluding steroid dienone is 22. The first kappa shape index (κ1) is 97.2. The summed E-state index contributed by atoms with van der Waals surface area (Å²) in [5, 5.41) is 10.6. The maximum atomic E-state index is 13.1. The Hall–Kier alpha value is -4.80. The van der Waals surface area contributed by atoms with Crippen molar-refractivity contribution in [3.63, 3.8) is 0 Å². The molecule has 0 radical (unpaired) electrons. The molecule has 0 saturated heterocycles. The van der Waals surface area contributed by atoms with E-state index in [4.69, 9.17) is 37.0 Å². The Morgan fingerprint density at radius 3 is 0.794 bits per heavy atom. The molecular formula is C83H140O17P2. The average Bonchev–Trinajstić information content (AvgIpc) is 0.924. The summed E-state index contributed by atoms with van der Waals surface area (Å²) in [6, 6.07) is 0. The van der Waals surface area contributed by atoms with Crippen LogP contribution in [-0.2, 0) is 65.4 Å². The van der Waals surface area contributed by atoms with E-state index >= 15 is 0 Å². The van der Waals surface area contributed by atoms with Crippen LogP contribution in [0.1, 0.15) is 310 Å². The van der Waals surface area contributed by atoms with Gasteiger partial charge in [0.1, 0.15) is 19.3 Å². The molecule has 0 spiro atoms. The number of hydrogen-bond acceptors (Lipinski definition) is 15. The molecule has 5 unspecified atom stereocenters. The summed E-state index contributed by atoms with van der Waals surface area (Å²) in [5.41, 5.74) is 0. The van der Waals surface area contributed by atoms with Crippen LogP contribution in [0.4, 0.5) is 0 Å². The molecule has 584 valence electrons. The quantitative estimate of drug-likeness (QED) is 0.0169. The first-order chi connectivity index (χ1) is 49.7. The Labute approximate surface area is 618 Å². The van der Waals surface area contributed by atoms with Crippen molar-refractivity contribution in [2.75, 3.05) is 39.6 Å². The zero-order valence-electron chi connectivity index (χ0n) is 63.7. The van der Waals surface area contributed by atoms with E-state index in [9.17, 15) is 43.2 Å². The highest BCUT2D eigenvalue weighted by Gasteiger charge is 2.30. The number of phosphoric acid groups is 2. The van der Waals surface area contributed by atoms with Gasteiger partial charge in [-0.05, 0) is 154 Å². The van der Waals surface area contributed by atoms with E-state index in [1.807, 2.05) is 0 Å². The van der Waals surface area contributed by atoms with E-state index in [2.05, 4.69) is 161 Å². The van der Waals surface area contributed by atoms with Crippen LogP contribution >= 0.6 is 15.6 Å². The minimum atomic E-state index is -4.99. The molecule has 0 aliphatic heterocycles. The van der Waals surface area contributed by atoms with Gasteiger partial charge in [-0.2, -0.15) is 0 Å². The number of rotatable bonds is 73. The van der Waals surface area contributed by atoms with Gasteiger partial charge < -0.3 is 33.8 Å². The molecule has 0 saturated carbocycles. The van der Waals surface area contributed by atoms with Crippen molar-refractivity contribution < 1.29 is 80.2 Å². The molecule has 0 rings (SSSR count). The second kappa shape index (κ2) is 74.5. The summed E-state index contributed by atoms with van der Waals surface area (Å²) in [5.74, 6) is -2.24. The van der Waals surface area contributed by atoms with Crippen LogP contribution in [0.5, 0.6) is 0 Å². The van der Waals surface area contributed by atoms with Crippen LogP contribution in [0.3, 0.4) is 0 Å². The Morgan fingerprint density at radius 2 is 0.510 bits per heavy atom. The highest BCUT2D eigenvalue weighted by atomic mass is 31.2. The SMILES string of the molecule is CC/C=C\C/C=C\C/C=C\C/C=C\CCCCCCCCC(=O)OCC(COP(=O)(O)OCC(O)COP(=O)(O)OCC(COC(=O)CCCCCCC/C=C\C/C=C\C/C=C\CC)OC(=O)CCCCCCC/C=C\CCCCCC)OC(=O)CCCCCCC/C=C\C/C=C\C/C=C\CC. The van der Waals surface area contributed by atoms with Gasteiger partial charge in [-0.15, -0.1) is 0 Å². The molecule has 5 atom stereocenters. The number of aliphatic hydroxyl groups excluding tert-OH is 1. The third-order valence-electron chi connectivity index (χ3n) is 16.1. The number of ether oxygens (including phenoxy) is 4. The van der Waals surface area contributed by atoms with E-state index in [1.54, 1.807) is 0 Å². The van der Waals surface area contributed by atoms with Crippen LogP contribution in [0.2, 0.25) is 0 Å². The lowest BCUT2D eigenvalue weighted by atomic mass is 10.1. The molecule has 3 N–H and O–H groups in total. The number of phosphoric ester groups is 2. The van der Waals surface area contributed by atoms with Crippen LogP contribution in [0, 0.1) is 0 Å². The molecule has 0 aliphatic rings. The predicted octanol–water partition coefficient (Wildman–Crippen LogP) is 22.9. The van der Waals surface area contributed by atoms with Gasteiger partial charge in [-0.1, -0.05) is 264 Å². The molecule has 0 aromatic rings. The highest BCUT2D eigenvalue weighted by molar-refractivity contribution is 7.47. The van der Waals surface area contributed by atoms with Gasteiger partial charge in [0, 0.05) is 25.7 Å². The van der Waals surface area contributed by atoms with Crippen molar-refractivity contribution in [3.8, 4) is 0 Å². The number of aliphatic hydroxyl groups is 1. The maximum absolute atomic E-state index is 13.1. The fraction of sp³-hybridized carbons (Fsp3) is 0.687. The van der Waals surface area contributed by atoms with E-state index < -0.39 is 97.5 Å². The van der Waals surface area contributed by atoms with Crippen molar-refractivity contribution in [1.82, 2.24) is 0 Å². The fourth-order valence-electron chi connectivity index (χ4n) is 10.2. The lowest BCUT2D eigenvalue weighted by Gasteiger charge is -2.21. The summed E-state index contributed by atoms with van der Waals surface area (Å²) < 4.78 is 68.5. The molecule has 102 heavy (non-hydrogen) atoms. The van der Waals surface area contributed by atoms with Crippen LogP contribution in [0.15, 0.2) is 134 Å². The van der Waals surface area contributed by atoms with Gasteiger partial charge in [0.2, 0.25) is 0 Å². The van der Waals surface area contributed by atoms with Crippen molar-refractivity contribution in [1.29, 1.82) is 0 Å². The lowest BCUT2D eigenvalue weighted by Crippen LogP contribution is -2.30. The Kier molecular flexibility index (Phi) is 71.0. The largest absolute Gasteiger partial charge is 0.472 e. The Morgan fingerprint density at radius 1 is 0.284 bits per heavy atom. The first-order valence-corrected chi connectivity index (χ1v) is 42.4. The maximum Gasteiger partial charge on any atom is 0.472 e. The van der Waals surface area contributed by atoms with Gasteiger partial charge in [0.15, 0.2) is 12.2 Å². The van der Waals surface area contributed by atoms with Crippen LogP contribution < -0.4 is 0 Å². The van der Waals surface area contributed by atoms with Crippen molar-refractivity contribution in [3.05, 3.63) is 134 Å². The predicted molar refractivity (Wildman–Crippen MR) is 418 cm³/mol. The number of carbonyl (C=O) groups is 4. The van der Waals surface area contributed by atoms with E-state index in [-0.39, 0.29) is 25.7 Å². The minimum absolute atomic E-state index is 0.0686. The van der Waals surface area contributed by atoms with Crippen molar-refractivity contribution in [2.45, 2.75) is 329 Å². The van der Waals surface area contributed by atoms with Gasteiger partial charge in [0.25, 0.3) is 0 Å². The van der Waals surface area contributed by atoms with Gasteiger partial charge in [-0.3, -0.25) is 37.3 Å². The molecule has 0 aromatic carbocycles. The van der Waals surface area contributed by atoms with Gasteiger partial charge in [0.05, 0.1) is 26.4 Å². The third kappa shape index (κ3) is 73.5. The average molecular weight is 1470 g/mol. The first-order valence-electron chi connectivity index (χ1n) is 39.4. The zero-order valence-corrected chi connectivity index (χ0v) is 65.5. The summed E-state index contributed by atoms with van der Waals surface area (Å²) >= 11 is 0. The third-order valence-corrected chi connectivity index (χ3v) is 18.0. The second-order valence-corrected chi connectivity index (χ2v) is 28.8. The number of unbranched alkanes of at least 4 members (excludes halogenated alkanes) is 25. The highest BCUT2D eigenvalue weighted by Crippen LogP contribution is 2.45. The summed E-state index contributed by atoms with van der Waals surface area (Å²) in [7, 11) is -9.97. The number of hydrogen-bond donors (Lipinski definition) is 3. The number of carbonyl (C=O) groups excluding carboxylic acids is 4. The van der Waals surface area contributed by atoms with Crippen LogP contribution in [0.25, 0.3) is 0 Å². The molecule has 17 nitrogen and oxygen atoms in total. The minimum Gasteiger partial charge on any atom is -0.462 e. The van der Waals surface area contributed by atoms with Gasteiger partial charge >= 0.3 is 39.5 Å². The van der Waals surface area contributed by atoms with Crippen LogP contribution in [-0.4, -0.2) is 96.7 Å². The number of esters is 4. The second-order valence-electron chi connectivity index (χ2n) is 25.9. The van der Waals surface area contributed by atoms with Crippen molar-refractivity contribution in [2.24, 2.45) is 0 Å². The molecule has 0 aliphatic carbocycles. The van der Waals surface area contributed by atoms with E-state index in [0.717, 1.165) is 205 Å². The fourth-order valence-corrected chi connectivity index (χ4v) is 11.8. The lowest BCUT2D eigenvalue weighted by molar-refractivity contribution is -0.161. The summed E-state index contributed by atoms with van der Waals surface area (Å²) in [6.07, 6.45) is 82.9. The Balaban J connectivity index is 5.39. The topological polar surface area (TPSA) is 237 Å². The Bertz CT molecular complexity index is 2460. The smallest absolute Gasteiger partial charge is 0.462 e. The van der Waals surface area contributed by atoms with Gasteiger partial charge in [-0.25, -0.2) is 9.13 Å². The molecular weight excluding hydrogens is 1330 g/mol. The summed E-state index contributed by atoms with van der Waals surface area (Å²) in [6.45, 7) is 4.47. The summed E-state index contributed by atoms with van der Waals surface area (Å²) in [4.78, 5) is 73.0. The molecule has 19 heteroatoms. The molecule has 0 amide bonds. The standard InChI is InChI=1S/C83H140O17P2/c1-5-9-13-17-21-25-29-33-36-37-38-39-42-45-48-52-56-60-64-68-81(86)94-74-79(100-83(88)70-66-62-58-54-50-46-41-35-31-27-23-19-15-11-7-3)76-98-102(91,92)96-72-77(84)71-95-101(89,90)97-75-78(99-82(87)69-65-61-57-53-49-43-32-28-24-20-16-12-8-4)73-93-80(85)67-63-59-55-51-47-44-40-34-30-26-22-18-14-10-6-2/h9-11,13-15,21-23,25-28,32-36,38-41,77-79,84H,5-8,12,16-20,24,29-31,37,42-76H2,1-4H3,(H,89,90)(H,91,92)/b13-9-,14-10-,15-11-,25-21-,26-22-,27-23-,32-28-,36-33-,39-38-,40-34-,41-35-. The molecule has 0 aromatic heterocycles. The van der Waals surface area contributed by atoms with Crippen molar-refractivity contribution >= 4 is 39.5 Å². The monoisotopic (exact) mass is 1470 g/mol. The molecule has 0 heterocycles. The zero-order chi connectivity index (χ0) is 74.6. The molecule has 0 bridgehead atoms. The normalized spacial score (nSPS) is 14.6. The molecule has 0 fully saturated rings.